The molecule has 1 aromatic carbocycles. The molecule has 0 saturated carbocycles. The van der Waals surface area contributed by atoms with Crippen molar-refractivity contribution in [2.75, 3.05) is 0 Å². The summed E-state index contributed by atoms with van der Waals surface area (Å²) in [5, 5.41) is 11.6. The highest BCUT2D eigenvalue weighted by Gasteiger charge is 2.20. The molecule has 6 heteroatoms. The molecule has 6 nitrogen and oxygen atoms in total. The van der Waals surface area contributed by atoms with Crippen LogP contribution in [0.2, 0.25) is 0 Å². The molecule has 2 N–H and O–H groups in total. The molecule has 1 aromatic heterocycles. The third-order valence-electron chi connectivity index (χ3n) is 3.13. The smallest absolute Gasteiger partial charge is 0.326 e. The average molecular weight is 287 g/mol. The first-order valence-corrected chi connectivity index (χ1v) is 6.87. The summed E-state index contributed by atoms with van der Waals surface area (Å²) in [5.41, 5.74) is 1.41. The fourth-order valence-corrected chi connectivity index (χ4v) is 1.96. The van der Waals surface area contributed by atoms with Gasteiger partial charge in [-0.3, -0.25) is 9.78 Å². The van der Waals surface area contributed by atoms with Gasteiger partial charge in [-0.25, -0.2) is 9.78 Å². The van der Waals surface area contributed by atoms with Gasteiger partial charge in [0, 0.05) is 0 Å². The second kappa shape index (κ2) is 6.78. The van der Waals surface area contributed by atoms with Gasteiger partial charge in [-0.05, 0) is 18.6 Å². The largest absolute Gasteiger partial charge is 0.480 e. The summed E-state index contributed by atoms with van der Waals surface area (Å²) in [5.74, 6) is -1.55. The van der Waals surface area contributed by atoms with Gasteiger partial charge in [-0.15, -0.1) is 0 Å². The van der Waals surface area contributed by atoms with Gasteiger partial charge in [-0.2, -0.15) is 0 Å². The molecule has 1 amide bonds. The molecule has 1 heterocycles. The summed E-state index contributed by atoms with van der Waals surface area (Å²) in [4.78, 5) is 31.6. The topological polar surface area (TPSA) is 92.2 Å². The standard InChI is InChI=1S/C15H17N3O3/c1-2-3-6-12(15(20)21)18-14(19)13-9-16-10-7-4-5-8-11(10)17-13/h4-5,7-9,12H,2-3,6H2,1H3,(H,18,19)(H,20,21)/t12-/m0/s1. The number of carboxylic acids is 1. The number of amides is 1. The molecule has 0 radical (unpaired) electrons. The Morgan fingerprint density at radius 3 is 2.67 bits per heavy atom. The monoisotopic (exact) mass is 287 g/mol. The van der Waals surface area contributed by atoms with Crippen LogP contribution < -0.4 is 5.32 Å². The van der Waals surface area contributed by atoms with Crippen molar-refractivity contribution in [1.29, 1.82) is 0 Å². The van der Waals surface area contributed by atoms with Crippen LogP contribution in [-0.4, -0.2) is 33.0 Å². The van der Waals surface area contributed by atoms with Gasteiger partial charge in [0.25, 0.3) is 5.91 Å². The van der Waals surface area contributed by atoms with Crippen molar-refractivity contribution >= 4 is 22.9 Å². The Balaban J connectivity index is 2.15. The Morgan fingerprint density at radius 2 is 2.00 bits per heavy atom. The van der Waals surface area contributed by atoms with Gasteiger partial charge in [0.05, 0.1) is 17.2 Å². The van der Waals surface area contributed by atoms with E-state index in [0.717, 1.165) is 12.8 Å². The van der Waals surface area contributed by atoms with Crippen LogP contribution in [0, 0.1) is 0 Å². The number of unbranched alkanes of at least 4 members (excludes halogenated alkanes) is 1. The van der Waals surface area contributed by atoms with E-state index in [4.69, 9.17) is 5.11 Å². The number of rotatable bonds is 6. The second-order valence-corrected chi connectivity index (χ2v) is 4.75. The van der Waals surface area contributed by atoms with E-state index in [-0.39, 0.29) is 5.69 Å². The average Bonchev–Trinajstić information content (AvgIpc) is 2.50. The molecule has 0 unspecified atom stereocenters. The van der Waals surface area contributed by atoms with Crippen molar-refractivity contribution < 1.29 is 14.7 Å². The summed E-state index contributed by atoms with van der Waals surface area (Å²) in [7, 11) is 0. The van der Waals surface area contributed by atoms with Crippen molar-refractivity contribution in [2.45, 2.75) is 32.2 Å². The first-order chi connectivity index (χ1) is 10.1. The molecule has 0 saturated heterocycles. The van der Waals surface area contributed by atoms with E-state index in [0.29, 0.717) is 17.5 Å². The van der Waals surface area contributed by atoms with E-state index in [1.165, 1.54) is 6.20 Å². The molecule has 0 aliphatic rings. The lowest BCUT2D eigenvalue weighted by Crippen LogP contribution is -2.41. The Labute approximate surface area is 122 Å². The second-order valence-electron chi connectivity index (χ2n) is 4.75. The van der Waals surface area contributed by atoms with Crippen LogP contribution in [0.15, 0.2) is 30.5 Å². The molecule has 110 valence electrons. The van der Waals surface area contributed by atoms with Gasteiger partial charge < -0.3 is 10.4 Å². The summed E-state index contributed by atoms with van der Waals surface area (Å²) in [6, 6.07) is 6.30. The zero-order valence-corrected chi connectivity index (χ0v) is 11.7. The first kappa shape index (κ1) is 14.9. The minimum absolute atomic E-state index is 0.122. The number of carbonyl (C=O) groups is 2. The molecule has 2 rings (SSSR count). The van der Waals surface area contributed by atoms with Crippen LogP contribution in [-0.2, 0) is 4.79 Å². The van der Waals surface area contributed by atoms with Crippen LogP contribution in [0.3, 0.4) is 0 Å². The molecule has 0 fully saturated rings. The quantitative estimate of drug-likeness (QED) is 0.847. The lowest BCUT2D eigenvalue weighted by atomic mass is 10.1. The zero-order valence-electron chi connectivity index (χ0n) is 11.7. The third kappa shape index (κ3) is 3.75. The van der Waals surface area contributed by atoms with Crippen molar-refractivity contribution in [3.05, 3.63) is 36.2 Å². The summed E-state index contributed by atoms with van der Waals surface area (Å²) in [6.45, 7) is 1.97. The number of aliphatic carboxylic acids is 1. The van der Waals surface area contributed by atoms with Gasteiger partial charge in [0.1, 0.15) is 11.7 Å². The van der Waals surface area contributed by atoms with Crippen molar-refractivity contribution in [1.82, 2.24) is 15.3 Å². The Hall–Kier alpha value is -2.50. The first-order valence-electron chi connectivity index (χ1n) is 6.87. The molecule has 0 aliphatic heterocycles. The predicted octanol–water partition coefficient (Wildman–Crippen LogP) is 2.00. The fraction of sp³-hybridized carbons (Fsp3) is 0.333. The van der Waals surface area contributed by atoms with E-state index < -0.39 is 17.9 Å². The van der Waals surface area contributed by atoms with Crippen LogP contribution in [0.5, 0.6) is 0 Å². The van der Waals surface area contributed by atoms with E-state index in [1.807, 2.05) is 13.0 Å². The molecule has 21 heavy (non-hydrogen) atoms. The highest BCUT2D eigenvalue weighted by Crippen LogP contribution is 2.09. The van der Waals surface area contributed by atoms with Gasteiger partial charge in [0.15, 0.2) is 0 Å². The molecule has 0 spiro atoms. The number of carbonyl (C=O) groups excluding carboxylic acids is 1. The third-order valence-corrected chi connectivity index (χ3v) is 3.13. The van der Waals surface area contributed by atoms with Crippen molar-refractivity contribution in [2.24, 2.45) is 0 Å². The Kier molecular flexibility index (Phi) is 4.81. The molecule has 0 aliphatic carbocycles. The number of nitrogens with one attached hydrogen (secondary N) is 1. The minimum Gasteiger partial charge on any atom is -0.480 e. The van der Waals surface area contributed by atoms with Crippen molar-refractivity contribution in [3.63, 3.8) is 0 Å². The zero-order chi connectivity index (χ0) is 15.2. The highest BCUT2D eigenvalue weighted by molar-refractivity contribution is 5.96. The van der Waals surface area contributed by atoms with Gasteiger partial charge in [0.2, 0.25) is 0 Å². The molecule has 0 bridgehead atoms. The van der Waals surface area contributed by atoms with Crippen LogP contribution >= 0.6 is 0 Å². The molecular weight excluding hydrogens is 270 g/mol. The number of carboxylic acid groups (broad SMARTS) is 1. The highest BCUT2D eigenvalue weighted by atomic mass is 16.4. The summed E-state index contributed by atoms with van der Waals surface area (Å²) < 4.78 is 0. The lowest BCUT2D eigenvalue weighted by Gasteiger charge is -2.13. The summed E-state index contributed by atoms with van der Waals surface area (Å²) >= 11 is 0. The summed E-state index contributed by atoms with van der Waals surface area (Å²) in [6.07, 6.45) is 3.37. The number of hydrogen-bond acceptors (Lipinski definition) is 4. The van der Waals surface area contributed by atoms with E-state index in [9.17, 15) is 9.59 Å². The maximum atomic E-state index is 12.1. The van der Waals surface area contributed by atoms with Crippen molar-refractivity contribution in [3.8, 4) is 0 Å². The molecule has 2 aromatic rings. The van der Waals surface area contributed by atoms with E-state index in [2.05, 4.69) is 15.3 Å². The molecular formula is C15H17N3O3. The number of para-hydroxylation sites is 2. The number of aromatic nitrogens is 2. The van der Waals surface area contributed by atoms with Crippen LogP contribution in [0.1, 0.15) is 36.7 Å². The normalized spacial score (nSPS) is 12.0. The number of hydrogen-bond donors (Lipinski definition) is 2. The predicted molar refractivity (Wildman–Crippen MR) is 78.0 cm³/mol. The van der Waals surface area contributed by atoms with Crippen LogP contribution in [0.25, 0.3) is 11.0 Å². The lowest BCUT2D eigenvalue weighted by molar-refractivity contribution is -0.139. The van der Waals surface area contributed by atoms with Gasteiger partial charge >= 0.3 is 5.97 Å². The number of fused-ring (bicyclic) bond motifs is 1. The van der Waals surface area contributed by atoms with E-state index >= 15 is 0 Å². The fourth-order valence-electron chi connectivity index (χ4n) is 1.96. The number of nitrogens with zero attached hydrogens (tertiary/aromatic N) is 2. The Morgan fingerprint density at radius 1 is 1.29 bits per heavy atom. The minimum atomic E-state index is -1.04. The van der Waals surface area contributed by atoms with E-state index in [1.54, 1.807) is 18.2 Å². The Bertz CT molecular complexity index is 657. The van der Waals surface area contributed by atoms with Crippen LogP contribution in [0.4, 0.5) is 0 Å². The maximum absolute atomic E-state index is 12.1. The molecule has 1 atom stereocenters. The maximum Gasteiger partial charge on any atom is 0.326 e. The SMILES string of the molecule is CCCC[C@H](NC(=O)c1cnc2ccccc2n1)C(=O)O. The number of benzene rings is 1. The van der Waals surface area contributed by atoms with Gasteiger partial charge in [-0.1, -0.05) is 31.9 Å².